The maximum absolute atomic E-state index is 13.1. The Balaban J connectivity index is 2.02. The number of halogens is 4. The van der Waals surface area contributed by atoms with Crippen molar-refractivity contribution < 1.29 is 27.5 Å². The largest absolute Gasteiger partial charge is 0.439 e. The average molecular weight is 469 g/mol. The van der Waals surface area contributed by atoms with Gasteiger partial charge in [-0.25, -0.2) is 10.2 Å². The molecule has 0 spiro atoms. The smallest absolute Gasteiger partial charge is 0.405 e. The Morgan fingerprint density at radius 3 is 2.34 bits per heavy atom. The van der Waals surface area contributed by atoms with Gasteiger partial charge in [-0.05, 0) is 23.8 Å². The van der Waals surface area contributed by atoms with E-state index in [2.05, 4.69) is 15.3 Å². The minimum Gasteiger partial charge on any atom is -0.439 e. The van der Waals surface area contributed by atoms with Crippen molar-refractivity contribution in [2.45, 2.75) is 25.1 Å². The summed E-state index contributed by atoms with van der Waals surface area (Å²) in [6.45, 7) is 0. The zero-order valence-electron chi connectivity index (χ0n) is 16.2. The Morgan fingerprint density at radius 2 is 1.75 bits per heavy atom. The second-order valence-electron chi connectivity index (χ2n) is 6.73. The van der Waals surface area contributed by atoms with Crippen molar-refractivity contribution in [3.8, 4) is 0 Å². The molecule has 0 radical (unpaired) electrons. The lowest BCUT2D eigenvalue weighted by Gasteiger charge is -2.20. The second-order valence-corrected chi connectivity index (χ2v) is 7.17. The van der Waals surface area contributed by atoms with E-state index in [1.165, 1.54) is 24.3 Å². The summed E-state index contributed by atoms with van der Waals surface area (Å²) in [5.74, 6) is -0.661. The van der Waals surface area contributed by atoms with Gasteiger partial charge in [-0.15, -0.1) is 9.89 Å². The van der Waals surface area contributed by atoms with E-state index in [9.17, 15) is 27.6 Å². The summed E-state index contributed by atoms with van der Waals surface area (Å²) in [4.78, 5) is 36.9. The molecule has 3 N–H and O–H groups in total. The molecular formula is C20H16ClF3N4O4. The monoisotopic (exact) mass is 468 g/mol. The Bertz CT molecular complexity index is 1210. The van der Waals surface area contributed by atoms with E-state index in [4.69, 9.17) is 17.3 Å². The molecule has 0 saturated heterocycles. The predicted molar refractivity (Wildman–Crippen MR) is 110 cm³/mol. The fourth-order valence-electron chi connectivity index (χ4n) is 3.02. The fourth-order valence-corrected chi connectivity index (χ4v) is 3.14. The van der Waals surface area contributed by atoms with Crippen molar-refractivity contribution in [3.05, 3.63) is 75.2 Å². The molecule has 0 aliphatic carbocycles. The van der Waals surface area contributed by atoms with Gasteiger partial charge in [0.1, 0.15) is 5.69 Å². The third-order valence-corrected chi connectivity index (χ3v) is 4.57. The molecule has 0 aliphatic heterocycles. The highest BCUT2D eigenvalue weighted by Gasteiger charge is 2.36. The van der Waals surface area contributed by atoms with Gasteiger partial charge in [0.15, 0.2) is 6.10 Å². The van der Waals surface area contributed by atoms with Crippen LogP contribution in [0, 0.1) is 0 Å². The third kappa shape index (κ3) is 5.76. The summed E-state index contributed by atoms with van der Waals surface area (Å²) in [6, 6.07) is 12.0. The van der Waals surface area contributed by atoms with Crippen LogP contribution in [0.25, 0.3) is 10.8 Å². The lowest BCUT2D eigenvalue weighted by molar-refractivity contribution is -0.154. The molecule has 0 fully saturated rings. The van der Waals surface area contributed by atoms with Crippen LogP contribution in [-0.4, -0.2) is 28.1 Å². The highest BCUT2D eigenvalue weighted by Crippen LogP contribution is 2.33. The first-order valence-corrected chi connectivity index (χ1v) is 9.50. The Labute approximate surface area is 183 Å². The standard InChI is InChI=1S/C20H16ClF3N4O4/c21-12-7-5-11(6-8-12)9-16(29)26-28-18(30)14-4-2-1-3-13(14)17(27-28)15(32-19(25)31)10-20(22,23)24/h1-8,15H,9-10H2,(H2,25,31)(H,26,29). The molecule has 12 heteroatoms. The number of benzene rings is 2. The molecule has 0 saturated carbocycles. The van der Waals surface area contributed by atoms with Gasteiger partial charge in [0.2, 0.25) is 5.91 Å². The number of alkyl halides is 3. The number of amides is 2. The zero-order chi connectivity index (χ0) is 23.5. The van der Waals surface area contributed by atoms with E-state index in [0.29, 0.717) is 15.4 Å². The molecule has 2 aromatic carbocycles. The van der Waals surface area contributed by atoms with Gasteiger partial charge >= 0.3 is 12.3 Å². The van der Waals surface area contributed by atoms with Gasteiger partial charge in [0.25, 0.3) is 5.56 Å². The van der Waals surface area contributed by atoms with Crippen LogP contribution in [0.5, 0.6) is 0 Å². The van der Waals surface area contributed by atoms with Crippen molar-refractivity contribution in [1.29, 1.82) is 0 Å². The maximum atomic E-state index is 13.1. The molecular weight excluding hydrogens is 453 g/mol. The number of aromatic nitrogens is 2. The van der Waals surface area contributed by atoms with Crippen molar-refractivity contribution in [2.75, 3.05) is 5.43 Å². The summed E-state index contributed by atoms with van der Waals surface area (Å²) in [5.41, 5.74) is 6.59. The first kappa shape index (κ1) is 23.1. The Kier molecular flexibility index (Phi) is 6.68. The predicted octanol–water partition coefficient (Wildman–Crippen LogP) is 3.45. The van der Waals surface area contributed by atoms with Crippen molar-refractivity contribution in [1.82, 2.24) is 9.89 Å². The van der Waals surface area contributed by atoms with Crippen LogP contribution in [0.2, 0.25) is 5.02 Å². The molecule has 3 rings (SSSR count). The van der Waals surface area contributed by atoms with Gasteiger partial charge < -0.3 is 10.5 Å². The molecule has 1 heterocycles. The number of ether oxygens (including phenoxy) is 1. The van der Waals surface area contributed by atoms with Gasteiger partial charge in [-0.1, -0.05) is 41.9 Å². The molecule has 1 atom stereocenters. The van der Waals surface area contributed by atoms with Crippen molar-refractivity contribution in [2.24, 2.45) is 5.73 Å². The Morgan fingerprint density at radius 1 is 1.12 bits per heavy atom. The van der Waals surface area contributed by atoms with Gasteiger partial charge in [-0.2, -0.15) is 13.2 Å². The van der Waals surface area contributed by atoms with Crippen molar-refractivity contribution >= 4 is 34.4 Å². The topological polar surface area (TPSA) is 116 Å². The molecule has 1 unspecified atom stereocenters. The molecule has 0 aliphatic rings. The summed E-state index contributed by atoms with van der Waals surface area (Å²) in [6.07, 6.45) is -9.87. The highest BCUT2D eigenvalue weighted by atomic mass is 35.5. The first-order valence-electron chi connectivity index (χ1n) is 9.12. The molecule has 1 aromatic heterocycles. The van der Waals surface area contributed by atoms with Crippen LogP contribution in [0.15, 0.2) is 53.3 Å². The molecule has 32 heavy (non-hydrogen) atoms. The van der Waals surface area contributed by atoms with E-state index in [1.807, 2.05) is 0 Å². The first-order chi connectivity index (χ1) is 15.0. The minimum absolute atomic E-state index is 0.0243. The van der Waals surface area contributed by atoms with Crippen LogP contribution in [0.3, 0.4) is 0 Å². The normalized spacial score (nSPS) is 12.4. The number of nitrogens with one attached hydrogen (secondary N) is 1. The summed E-state index contributed by atoms with van der Waals surface area (Å²) >= 11 is 5.80. The quantitative estimate of drug-likeness (QED) is 0.574. The number of hydrogen-bond acceptors (Lipinski definition) is 5. The lowest BCUT2D eigenvalue weighted by Crippen LogP contribution is -2.37. The maximum Gasteiger partial charge on any atom is 0.405 e. The number of carbonyl (C=O) groups is 2. The van der Waals surface area contributed by atoms with E-state index >= 15 is 0 Å². The van der Waals surface area contributed by atoms with Crippen LogP contribution in [0.4, 0.5) is 18.0 Å². The van der Waals surface area contributed by atoms with Gasteiger partial charge in [-0.3, -0.25) is 9.59 Å². The number of rotatable bonds is 6. The number of nitrogens with two attached hydrogens (primary N) is 1. The van der Waals surface area contributed by atoms with Crippen LogP contribution in [-0.2, 0) is 16.0 Å². The van der Waals surface area contributed by atoms with Gasteiger partial charge in [0.05, 0.1) is 18.2 Å². The van der Waals surface area contributed by atoms with E-state index in [0.717, 1.165) is 0 Å². The lowest BCUT2D eigenvalue weighted by atomic mass is 10.1. The number of primary amides is 1. The molecule has 8 nitrogen and oxygen atoms in total. The van der Waals surface area contributed by atoms with Crippen LogP contribution >= 0.6 is 11.6 Å². The molecule has 168 valence electrons. The average Bonchev–Trinajstić information content (AvgIpc) is 2.70. The SMILES string of the molecule is NC(=O)OC(CC(F)(F)F)c1nn(NC(=O)Cc2ccc(Cl)cc2)c(=O)c2ccccc12. The Hall–Kier alpha value is -3.60. The third-order valence-electron chi connectivity index (χ3n) is 4.32. The van der Waals surface area contributed by atoms with E-state index < -0.39 is 36.3 Å². The second kappa shape index (κ2) is 9.27. The summed E-state index contributed by atoms with van der Waals surface area (Å²) in [7, 11) is 0. The van der Waals surface area contributed by atoms with Crippen LogP contribution < -0.4 is 16.7 Å². The number of fused-ring (bicyclic) bond motifs is 1. The number of carbonyl (C=O) groups excluding carboxylic acids is 2. The minimum atomic E-state index is -4.73. The number of hydrogen-bond donors (Lipinski definition) is 2. The highest BCUT2D eigenvalue weighted by molar-refractivity contribution is 6.30. The van der Waals surface area contributed by atoms with Crippen LogP contribution in [0.1, 0.15) is 23.8 Å². The number of nitrogens with zero attached hydrogens (tertiary/aromatic N) is 2. The van der Waals surface area contributed by atoms with E-state index in [1.54, 1.807) is 24.3 Å². The van der Waals surface area contributed by atoms with Crippen molar-refractivity contribution in [3.63, 3.8) is 0 Å². The van der Waals surface area contributed by atoms with E-state index in [-0.39, 0.29) is 22.9 Å². The molecule has 2 amide bonds. The fraction of sp³-hybridized carbons (Fsp3) is 0.200. The zero-order valence-corrected chi connectivity index (χ0v) is 17.0. The molecule has 0 bridgehead atoms. The summed E-state index contributed by atoms with van der Waals surface area (Å²) in [5, 5.41) is 4.31. The summed E-state index contributed by atoms with van der Waals surface area (Å²) < 4.78 is 43.9. The van der Waals surface area contributed by atoms with Gasteiger partial charge in [0, 0.05) is 10.4 Å². The molecule has 3 aromatic rings.